The van der Waals surface area contributed by atoms with Crippen LogP contribution in [-0.4, -0.2) is 45.3 Å². The molecule has 1 aliphatic heterocycles. The second kappa shape index (κ2) is 17.9. The summed E-state index contributed by atoms with van der Waals surface area (Å²) in [5, 5.41) is 16.1. The Kier molecular flexibility index (Phi) is 13.1. The second-order valence-corrected chi connectivity index (χ2v) is 13.0. The van der Waals surface area contributed by atoms with Gasteiger partial charge < -0.3 is 25.2 Å². The number of hydrogen-bond acceptors (Lipinski definition) is 8. The van der Waals surface area contributed by atoms with Gasteiger partial charge in [-0.2, -0.15) is 0 Å². The van der Waals surface area contributed by atoms with E-state index >= 15 is 0 Å². The molecule has 4 aromatic rings. The van der Waals surface area contributed by atoms with Gasteiger partial charge in [0.15, 0.2) is 11.4 Å². The number of nitrogens with one attached hydrogen (secondary N) is 2. The topological polar surface area (TPSA) is 123 Å². The third kappa shape index (κ3) is 9.96. The molecule has 1 fully saturated rings. The fourth-order valence-corrected chi connectivity index (χ4v) is 6.70. The van der Waals surface area contributed by atoms with Gasteiger partial charge in [-0.25, -0.2) is 9.97 Å². The van der Waals surface area contributed by atoms with Crippen molar-refractivity contribution in [3.05, 3.63) is 114 Å². The summed E-state index contributed by atoms with van der Waals surface area (Å²) in [6, 6.07) is 26.0. The number of rotatable bonds is 15. The zero-order valence-corrected chi connectivity index (χ0v) is 28.3. The van der Waals surface area contributed by atoms with Gasteiger partial charge in [-0.1, -0.05) is 97.9 Å². The molecule has 1 saturated heterocycles. The van der Waals surface area contributed by atoms with Crippen molar-refractivity contribution in [2.24, 2.45) is 5.92 Å². The van der Waals surface area contributed by atoms with Crippen molar-refractivity contribution in [1.29, 1.82) is 0 Å². The Labute approximate surface area is 286 Å². The van der Waals surface area contributed by atoms with Gasteiger partial charge in [-0.15, -0.1) is 0 Å². The predicted molar refractivity (Wildman–Crippen MR) is 187 cm³/mol. The first-order valence-electron chi connectivity index (χ1n) is 16.5. The van der Waals surface area contributed by atoms with Crippen molar-refractivity contribution >= 4 is 23.6 Å². The van der Waals surface area contributed by atoms with Crippen molar-refractivity contribution in [1.82, 2.24) is 20.6 Å². The first-order valence-corrected chi connectivity index (χ1v) is 17.5. The number of aliphatic hydroxyl groups excluding tert-OH is 1. The second-order valence-electron chi connectivity index (χ2n) is 12.0. The number of aromatic nitrogens is 2. The lowest BCUT2D eigenvalue weighted by Gasteiger charge is -2.41. The largest absolute Gasteiger partial charge is 0.392 e. The highest BCUT2D eigenvalue weighted by Gasteiger charge is 2.38. The summed E-state index contributed by atoms with van der Waals surface area (Å²) < 4.78 is 13.2. The van der Waals surface area contributed by atoms with Crippen LogP contribution in [0.5, 0.6) is 0 Å². The first-order chi connectivity index (χ1) is 23.4. The van der Waals surface area contributed by atoms with E-state index in [0.717, 1.165) is 52.6 Å². The number of ether oxygens (including phenoxy) is 2. The van der Waals surface area contributed by atoms with E-state index in [1.807, 2.05) is 54.6 Å². The van der Waals surface area contributed by atoms with Crippen LogP contribution in [0.1, 0.15) is 74.2 Å². The highest BCUT2D eigenvalue weighted by atomic mass is 32.2. The maximum Gasteiger partial charge on any atom is 0.220 e. The molecular formula is C38H44N4O5S. The highest BCUT2D eigenvalue weighted by Crippen LogP contribution is 2.43. The predicted octanol–water partition coefficient (Wildman–Crippen LogP) is 6.53. The molecule has 3 N–H and O–H groups in total. The fourth-order valence-electron chi connectivity index (χ4n) is 5.74. The Balaban J connectivity index is 1.25. The molecule has 1 aliphatic rings. The van der Waals surface area contributed by atoms with E-state index in [9.17, 15) is 14.7 Å². The van der Waals surface area contributed by atoms with Crippen LogP contribution in [0.4, 0.5) is 0 Å². The van der Waals surface area contributed by atoms with Crippen molar-refractivity contribution in [2.75, 3.05) is 12.3 Å². The summed E-state index contributed by atoms with van der Waals surface area (Å²) in [6.45, 7) is 4.73. The van der Waals surface area contributed by atoms with Gasteiger partial charge in [0, 0.05) is 56.1 Å². The molecule has 0 aliphatic carbocycles. The van der Waals surface area contributed by atoms with Crippen LogP contribution < -0.4 is 10.6 Å². The van der Waals surface area contributed by atoms with E-state index in [0.29, 0.717) is 30.4 Å². The van der Waals surface area contributed by atoms with E-state index in [4.69, 9.17) is 9.47 Å². The zero-order chi connectivity index (χ0) is 33.7. The average molecular weight is 669 g/mol. The third-order valence-electron chi connectivity index (χ3n) is 8.48. The molecule has 0 unspecified atom stereocenters. The van der Waals surface area contributed by atoms with Gasteiger partial charge in [0.2, 0.25) is 11.8 Å². The van der Waals surface area contributed by atoms with E-state index in [-0.39, 0.29) is 36.5 Å². The van der Waals surface area contributed by atoms with E-state index in [2.05, 4.69) is 45.7 Å². The molecule has 2 amide bonds. The van der Waals surface area contributed by atoms with Crippen LogP contribution in [0.15, 0.2) is 96.4 Å². The van der Waals surface area contributed by atoms with Crippen LogP contribution in [0.3, 0.4) is 0 Å². The van der Waals surface area contributed by atoms with Gasteiger partial charge in [0.05, 0.1) is 18.8 Å². The number of carbonyl (C=O) groups is 2. The van der Waals surface area contributed by atoms with E-state index < -0.39 is 6.29 Å². The van der Waals surface area contributed by atoms with Crippen molar-refractivity contribution in [2.45, 2.75) is 76.3 Å². The van der Waals surface area contributed by atoms with Gasteiger partial charge in [-0.05, 0) is 46.7 Å². The summed E-state index contributed by atoms with van der Waals surface area (Å²) in [4.78, 5) is 32.3. The Morgan fingerprint density at radius 3 is 2.31 bits per heavy atom. The molecular weight excluding hydrogens is 625 g/mol. The zero-order valence-electron chi connectivity index (χ0n) is 27.5. The molecule has 0 spiro atoms. The van der Waals surface area contributed by atoms with Crippen molar-refractivity contribution in [3.8, 4) is 11.1 Å². The Morgan fingerprint density at radius 1 is 0.854 bits per heavy atom. The normalized spacial score (nSPS) is 19.1. The lowest BCUT2D eigenvalue weighted by atomic mass is 9.91. The molecule has 0 radical (unpaired) electrons. The van der Waals surface area contributed by atoms with Crippen LogP contribution in [0, 0.1) is 5.92 Å². The first kappa shape index (κ1) is 35.2. The van der Waals surface area contributed by atoms with Crippen LogP contribution in [0.2, 0.25) is 0 Å². The molecule has 0 saturated carbocycles. The molecule has 5 rings (SSSR count). The lowest BCUT2D eigenvalue weighted by molar-refractivity contribution is -0.268. The minimum atomic E-state index is -0.576. The minimum Gasteiger partial charge on any atom is -0.392 e. The molecule has 48 heavy (non-hydrogen) atoms. The Bertz CT molecular complexity index is 1600. The summed E-state index contributed by atoms with van der Waals surface area (Å²) in [5.74, 6) is 0.722. The van der Waals surface area contributed by atoms with E-state index in [1.54, 1.807) is 30.2 Å². The number of nitrogens with zero attached hydrogens (tertiary/aromatic N) is 2. The minimum absolute atomic E-state index is 0.00654. The van der Waals surface area contributed by atoms with Gasteiger partial charge in [0.25, 0.3) is 0 Å². The quantitative estimate of drug-likeness (QED) is 0.0743. The van der Waals surface area contributed by atoms with Crippen LogP contribution in [0.25, 0.3) is 11.1 Å². The summed E-state index contributed by atoms with van der Waals surface area (Å²) in [5.41, 5.74) is 5.94. The summed E-state index contributed by atoms with van der Waals surface area (Å²) in [7, 11) is 0. The van der Waals surface area contributed by atoms with Crippen molar-refractivity contribution in [3.63, 3.8) is 0 Å². The number of carbonyl (C=O) groups excluding carboxylic acids is 2. The number of amides is 2. The monoisotopic (exact) mass is 668 g/mol. The maximum atomic E-state index is 12.5. The molecule has 4 atom stereocenters. The number of unbranched alkanes of at least 4 members (excludes halogenated alkanes) is 2. The molecule has 9 nitrogen and oxygen atoms in total. The standard InChI is InChI=1S/C38H44N4O5S/c1-26-34(25-48-38-40-21-8-22-41-38)46-37(47-36(26)30-14-12-28(24-43)13-15-30)31-18-16-29(17-19-31)33-10-6-5-9-32(33)23-42-35(45)11-4-3-7-20-39-27(2)44/h5-6,8-10,12-19,21-22,26,34,36-37,43H,3-4,7,11,20,23-25H2,1-2H3,(H,39,44)(H,42,45)/t26-,34+,36+,37+/m1/s1. The van der Waals surface area contributed by atoms with Gasteiger partial charge in [-0.3, -0.25) is 9.59 Å². The summed E-state index contributed by atoms with van der Waals surface area (Å²) in [6.07, 6.45) is 5.57. The van der Waals surface area contributed by atoms with Crippen LogP contribution >= 0.6 is 11.8 Å². The molecule has 0 bridgehead atoms. The lowest BCUT2D eigenvalue weighted by Crippen LogP contribution is -2.38. The molecule has 252 valence electrons. The van der Waals surface area contributed by atoms with Crippen LogP contribution in [-0.2, 0) is 32.2 Å². The van der Waals surface area contributed by atoms with Crippen molar-refractivity contribution < 1.29 is 24.2 Å². The highest BCUT2D eigenvalue weighted by molar-refractivity contribution is 7.99. The third-order valence-corrected chi connectivity index (χ3v) is 9.45. The summed E-state index contributed by atoms with van der Waals surface area (Å²) >= 11 is 1.57. The van der Waals surface area contributed by atoms with E-state index in [1.165, 1.54) is 6.92 Å². The van der Waals surface area contributed by atoms with Gasteiger partial charge >= 0.3 is 0 Å². The molecule has 10 heteroatoms. The number of thioether (sulfide) groups is 1. The Morgan fingerprint density at radius 2 is 1.58 bits per heavy atom. The maximum absolute atomic E-state index is 12.5. The smallest absolute Gasteiger partial charge is 0.220 e. The number of hydrogen-bond donors (Lipinski definition) is 3. The Hall–Kier alpha value is -4.09. The van der Waals surface area contributed by atoms with Gasteiger partial charge in [0.1, 0.15) is 0 Å². The molecule has 2 heterocycles. The number of aliphatic hydroxyl groups is 1. The SMILES string of the molecule is CC(=O)NCCCCCC(=O)NCc1ccccc1-c1ccc([C@H]2O[C@@H](CSc3ncccn3)[C@@H](C)[C@@H](c3ccc(CO)cc3)O2)cc1. The molecule has 3 aromatic carbocycles. The average Bonchev–Trinajstić information content (AvgIpc) is 3.12. The number of benzene rings is 3. The fraction of sp³-hybridized carbons (Fsp3) is 0.368. The molecule has 1 aromatic heterocycles.